The first-order chi connectivity index (χ1) is 11.6. The Labute approximate surface area is 141 Å². The quantitative estimate of drug-likeness (QED) is 0.429. The molecule has 0 bridgehead atoms. The Bertz CT molecular complexity index is 709. The highest BCUT2D eigenvalue weighted by atomic mass is 32.2. The molecule has 128 valence electrons. The fraction of sp³-hybridized carbons (Fsp3) is 0.357. The number of halogens is 1. The lowest BCUT2D eigenvalue weighted by Crippen LogP contribution is -2.26. The maximum absolute atomic E-state index is 13.3. The van der Waals surface area contributed by atoms with Crippen LogP contribution in [0.4, 0.5) is 4.39 Å². The number of nitrogens with one attached hydrogen (secondary N) is 1. The van der Waals surface area contributed by atoms with Crippen LogP contribution in [0.2, 0.25) is 0 Å². The predicted molar refractivity (Wildman–Crippen MR) is 84.1 cm³/mol. The van der Waals surface area contributed by atoms with Crippen molar-refractivity contribution in [1.29, 1.82) is 0 Å². The van der Waals surface area contributed by atoms with Gasteiger partial charge in [-0.15, -0.1) is 5.10 Å². The number of ether oxygens (including phenoxy) is 1. The molecule has 1 heterocycles. The fourth-order valence-electron chi connectivity index (χ4n) is 1.78. The molecule has 0 fully saturated rings. The lowest BCUT2D eigenvalue weighted by Gasteiger charge is -2.05. The van der Waals surface area contributed by atoms with Gasteiger partial charge in [0.15, 0.2) is 0 Å². The van der Waals surface area contributed by atoms with Crippen LogP contribution in [0.25, 0.3) is 5.69 Å². The highest BCUT2D eigenvalue weighted by molar-refractivity contribution is 7.99. The monoisotopic (exact) mass is 353 g/mol. The van der Waals surface area contributed by atoms with Gasteiger partial charge in [0.2, 0.25) is 11.1 Å². The molecule has 10 heteroatoms. The summed E-state index contributed by atoms with van der Waals surface area (Å²) < 4.78 is 19.1. The molecule has 2 aromatic rings. The molecule has 0 atom stereocenters. The summed E-state index contributed by atoms with van der Waals surface area (Å²) in [5.74, 6) is -0.817. The molecule has 0 radical (unpaired) electrons. The van der Waals surface area contributed by atoms with Crippen molar-refractivity contribution >= 4 is 23.6 Å². The van der Waals surface area contributed by atoms with Crippen LogP contribution in [-0.4, -0.2) is 51.5 Å². The summed E-state index contributed by atoms with van der Waals surface area (Å²) in [7, 11) is 1.32. The average molecular weight is 353 g/mol. The number of thioether (sulfide) groups is 1. The van der Waals surface area contributed by atoms with Gasteiger partial charge in [-0.1, -0.05) is 17.8 Å². The van der Waals surface area contributed by atoms with Crippen molar-refractivity contribution in [3.63, 3.8) is 0 Å². The Morgan fingerprint density at radius 1 is 1.42 bits per heavy atom. The van der Waals surface area contributed by atoms with Gasteiger partial charge in [-0.3, -0.25) is 9.59 Å². The van der Waals surface area contributed by atoms with Gasteiger partial charge in [0.25, 0.3) is 0 Å². The summed E-state index contributed by atoms with van der Waals surface area (Å²) in [5.41, 5.74) is 0.473. The van der Waals surface area contributed by atoms with Gasteiger partial charge in [0.1, 0.15) is 5.82 Å². The Morgan fingerprint density at radius 2 is 2.25 bits per heavy atom. The first-order valence-electron chi connectivity index (χ1n) is 7.11. The van der Waals surface area contributed by atoms with Crippen molar-refractivity contribution in [2.24, 2.45) is 0 Å². The van der Waals surface area contributed by atoms with Gasteiger partial charge in [0, 0.05) is 13.0 Å². The van der Waals surface area contributed by atoms with Crippen molar-refractivity contribution in [1.82, 2.24) is 25.5 Å². The first kappa shape index (κ1) is 17.9. The fourth-order valence-corrected chi connectivity index (χ4v) is 2.50. The number of hydrogen-bond acceptors (Lipinski definition) is 7. The number of esters is 1. The van der Waals surface area contributed by atoms with E-state index in [2.05, 4.69) is 25.6 Å². The number of hydrogen-bond donors (Lipinski definition) is 1. The van der Waals surface area contributed by atoms with Crippen molar-refractivity contribution in [3.8, 4) is 5.69 Å². The molecule has 0 saturated heterocycles. The van der Waals surface area contributed by atoms with Crippen LogP contribution in [0.3, 0.4) is 0 Å². The van der Waals surface area contributed by atoms with Gasteiger partial charge in [-0.2, -0.15) is 4.68 Å². The number of tetrazole rings is 1. The SMILES string of the molecule is COC(=O)CCCNC(=O)CSc1nnnn1-c1cccc(F)c1. The van der Waals surface area contributed by atoms with Crippen LogP contribution in [0, 0.1) is 5.82 Å². The van der Waals surface area contributed by atoms with E-state index >= 15 is 0 Å². The Morgan fingerprint density at radius 3 is 3.00 bits per heavy atom. The molecule has 1 aromatic carbocycles. The molecule has 24 heavy (non-hydrogen) atoms. The summed E-state index contributed by atoms with van der Waals surface area (Å²) in [5, 5.41) is 14.2. The summed E-state index contributed by atoms with van der Waals surface area (Å²) in [6.45, 7) is 0.378. The maximum atomic E-state index is 13.3. The third kappa shape index (κ3) is 5.30. The molecule has 2 rings (SSSR count). The second-order valence-electron chi connectivity index (χ2n) is 4.67. The van der Waals surface area contributed by atoms with Gasteiger partial charge >= 0.3 is 5.97 Å². The van der Waals surface area contributed by atoms with Crippen LogP contribution >= 0.6 is 11.8 Å². The molecule has 1 amide bonds. The number of benzene rings is 1. The van der Waals surface area contributed by atoms with Crippen LogP contribution in [0.15, 0.2) is 29.4 Å². The van der Waals surface area contributed by atoms with Gasteiger partial charge in [0.05, 0.1) is 18.6 Å². The number of carbonyl (C=O) groups is 2. The zero-order chi connectivity index (χ0) is 17.4. The number of amides is 1. The third-order valence-electron chi connectivity index (χ3n) is 2.93. The molecule has 0 aliphatic rings. The molecular formula is C14H16FN5O3S. The zero-order valence-corrected chi connectivity index (χ0v) is 13.8. The van der Waals surface area contributed by atoms with Crippen LogP contribution in [0.1, 0.15) is 12.8 Å². The highest BCUT2D eigenvalue weighted by Gasteiger charge is 2.12. The molecule has 0 saturated carbocycles. The van der Waals surface area contributed by atoms with Crippen LogP contribution in [-0.2, 0) is 14.3 Å². The molecule has 1 aromatic heterocycles. The lowest BCUT2D eigenvalue weighted by molar-refractivity contribution is -0.140. The number of nitrogens with zero attached hydrogens (tertiary/aromatic N) is 4. The standard InChI is InChI=1S/C14H16FN5O3S/c1-23-13(22)6-3-7-16-12(21)9-24-14-17-18-19-20(14)11-5-2-4-10(15)8-11/h2,4-5,8H,3,6-7,9H2,1H3,(H,16,21). The lowest BCUT2D eigenvalue weighted by atomic mass is 10.3. The van der Waals surface area contributed by atoms with E-state index in [9.17, 15) is 14.0 Å². The molecular weight excluding hydrogens is 337 g/mol. The summed E-state index contributed by atoms with van der Waals surface area (Å²) in [6.07, 6.45) is 0.756. The van der Waals surface area contributed by atoms with E-state index in [0.29, 0.717) is 23.8 Å². The van der Waals surface area contributed by atoms with E-state index in [1.165, 1.54) is 23.9 Å². The first-order valence-corrected chi connectivity index (χ1v) is 8.09. The molecule has 0 aliphatic carbocycles. The summed E-state index contributed by atoms with van der Waals surface area (Å²) in [6, 6.07) is 5.83. The van der Waals surface area contributed by atoms with Gasteiger partial charge in [-0.05, 0) is 35.0 Å². The van der Waals surface area contributed by atoms with Crippen LogP contribution in [0.5, 0.6) is 0 Å². The molecule has 0 unspecified atom stereocenters. The third-order valence-corrected chi connectivity index (χ3v) is 3.85. The van der Waals surface area contributed by atoms with E-state index < -0.39 is 5.82 Å². The van der Waals surface area contributed by atoms with E-state index in [1.807, 2.05) is 0 Å². The zero-order valence-electron chi connectivity index (χ0n) is 12.9. The van der Waals surface area contributed by atoms with Crippen molar-refractivity contribution in [3.05, 3.63) is 30.1 Å². The van der Waals surface area contributed by atoms with E-state index in [1.54, 1.807) is 12.1 Å². The number of carbonyl (C=O) groups excluding carboxylic acids is 2. The Kier molecular flexibility index (Phi) is 6.67. The second-order valence-corrected chi connectivity index (χ2v) is 5.61. The average Bonchev–Trinajstić information content (AvgIpc) is 3.05. The molecule has 8 nitrogen and oxygen atoms in total. The minimum atomic E-state index is -0.401. The largest absolute Gasteiger partial charge is 0.469 e. The maximum Gasteiger partial charge on any atom is 0.305 e. The Balaban J connectivity index is 1.82. The van der Waals surface area contributed by atoms with Crippen molar-refractivity contribution in [2.45, 2.75) is 18.0 Å². The van der Waals surface area contributed by atoms with E-state index in [0.717, 1.165) is 11.8 Å². The highest BCUT2D eigenvalue weighted by Crippen LogP contribution is 2.18. The van der Waals surface area contributed by atoms with E-state index in [4.69, 9.17) is 0 Å². The topological polar surface area (TPSA) is 99.0 Å². The number of aromatic nitrogens is 4. The molecule has 0 spiro atoms. The summed E-state index contributed by atoms with van der Waals surface area (Å²) in [4.78, 5) is 22.7. The number of rotatable bonds is 8. The molecule has 0 aliphatic heterocycles. The van der Waals surface area contributed by atoms with Crippen LogP contribution < -0.4 is 5.32 Å². The van der Waals surface area contributed by atoms with E-state index in [-0.39, 0.29) is 24.1 Å². The Hall–Kier alpha value is -2.49. The minimum Gasteiger partial charge on any atom is -0.469 e. The smallest absolute Gasteiger partial charge is 0.305 e. The minimum absolute atomic E-state index is 0.105. The van der Waals surface area contributed by atoms with Gasteiger partial charge < -0.3 is 10.1 Å². The van der Waals surface area contributed by atoms with Gasteiger partial charge in [-0.25, -0.2) is 4.39 Å². The predicted octanol–water partition coefficient (Wildman–Crippen LogP) is 0.963. The summed E-state index contributed by atoms with van der Waals surface area (Å²) >= 11 is 1.13. The molecule has 1 N–H and O–H groups in total. The number of methoxy groups -OCH3 is 1. The normalized spacial score (nSPS) is 10.4. The van der Waals surface area contributed by atoms with Crippen molar-refractivity contribution < 1.29 is 18.7 Å². The van der Waals surface area contributed by atoms with Crippen molar-refractivity contribution in [2.75, 3.05) is 19.4 Å². The second kappa shape index (κ2) is 8.96.